The van der Waals surface area contributed by atoms with E-state index in [1.54, 1.807) is 12.1 Å². The van der Waals surface area contributed by atoms with Crippen molar-refractivity contribution in [1.29, 1.82) is 0 Å². The molecular weight excluding hydrogens is 578 g/mol. The predicted octanol–water partition coefficient (Wildman–Crippen LogP) is 5.74. The third kappa shape index (κ3) is 7.35. The van der Waals surface area contributed by atoms with E-state index in [2.05, 4.69) is 25.6 Å². The molecule has 0 bridgehead atoms. The summed E-state index contributed by atoms with van der Waals surface area (Å²) >= 11 is 0. The van der Waals surface area contributed by atoms with E-state index in [-0.39, 0.29) is 42.7 Å². The Bertz CT molecular complexity index is 1750. The van der Waals surface area contributed by atoms with Crippen LogP contribution in [0.15, 0.2) is 69.7 Å². The Labute approximate surface area is 259 Å². The van der Waals surface area contributed by atoms with Gasteiger partial charge >= 0.3 is 0 Å². The highest BCUT2D eigenvalue weighted by molar-refractivity contribution is 5.95. The molecular formula is C33H33N5O7. The smallest absolute Gasteiger partial charge is 0.238 e. The third-order valence-electron chi connectivity index (χ3n) is 7.14. The molecule has 12 nitrogen and oxygen atoms in total. The average Bonchev–Trinajstić information content (AvgIpc) is 3.73. The second kappa shape index (κ2) is 13.8. The average molecular weight is 612 g/mol. The molecule has 1 unspecified atom stereocenters. The molecule has 1 N–H and O–H groups in total. The number of hydrogen-bond donors (Lipinski definition) is 1. The molecule has 0 saturated carbocycles. The number of carbonyl (C=O) groups is 2. The van der Waals surface area contributed by atoms with Crippen molar-refractivity contribution in [1.82, 2.24) is 20.3 Å². The number of amides is 1. The van der Waals surface area contributed by atoms with E-state index < -0.39 is 5.92 Å². The van der Waals surface area contributed by atoms with E-state index in [0.717, 1.165) is 22.3 Å². The summed E-state index contributed by atoms with van der Waals surface area (Å²) in [5.41, 5.74) is 4.13. The van der Waals surface area contributed by atoms with Crippen molar-refractivity contribution in [2.24, 2.45) is 0 Å². The molecule has 232 valence electrons. The van der Waals surface area contributed by atoms with E-state index in [0.29, 0.717) is 34.6 Å². The first-order chi connectivity index (χ1) is 21.8. The number of aryl methyl sites for hydroxylation is 2. The zero-order valence-electron chi connectivity index (χ0n) is 25.6. The van der Waals surface area contributed by atoms with Gasteiger partial charge in [-0.1, -0.05) is 70.0 Å². The van der Waals surface area contributed by atoms with Crippen LogP contribution in [0.2, 0.25) is 0 Å². The van der Waals surface area contributed by atoms with Gasteiger partial charge in [0, 0.05) is 48.2 Å². The summed E-state index contributed by atoms with van der Waals surface area (Å²) in [6, 6.07) is 18.5. The molecule has 3 aromatic carbocycles. The molecule has 1 atom stereocenters. The van der Waals surface area contributed by atoms with Crippen LogP contribution in [0, 0.1) is 13.8 Å². The van der Waals surface area contributed by atoms with Gasteiger partial charge in [0.05, 0.1) is 21.3 Å². The van der Waals surface area contributed by atoms with E-state index in [4.69, 9.17) is 23.3 Å². The van der Waals surface area contributed by atoms with Crippen molar-refractivity contribution >= 4 is 17.4 Å². The summed E-state index contributed by atoms with van der Waals surface area (Å²) in [6.45, 7) is 3.97. The lowest BCUT2D eigenvalue weighted by Crippen LogP contribution is -2.19. The van der Waals surface area contributed by atoms with E-state index in [9.17, 15) is 9.59 Å². The van der Waals surface area contributed by atoms with Gasteiger partial charge in [-0.05, 0) is 13.8 Å². The van der Waals surface area contributed by atoms with Crippen molar-refractivity contribution in [2.75, 3.05) is 26.6 Å². The van der Waals surface area contributed by atoms with Crippen LogP contribution in [0.3, 0.4) is 0 Å². The van der Waals surface area contributed by atoms with Gasteiger partial charge in [0.15, 0.2) is 11.5 Å². The number of hydrogen-bond acceptors (Lipinski definition) is 11. The largest absolute Gasteiger partial charge is 0.493 e. The van der Waals surface area contributed by atoms with Crippen LogP contribution < -0.4 is 19.5 Å². The molecule has 12 heteroatoms. The SMILES string of the molecule is COc1cc(NC(=O)CCC(=O)C(Cc2nc(-c3ccc(C)cc3)no2)c2nc(-c3ccc(C)cc3)no2)cc(OC)c1OC. The van der Waals surface area contributed by atoms with Gasteiger partial charge in [0.2, 0.25) is 35.1 Å². The number of Topliss-reactive ketones (excluding diaryl/α,β-unsaturated/α-hetero) is 1. The molecule has 0 aliphatic rings. The second-order valence-electron chi connectivity index (χ2n) is 10.4. The number of methoxy groups -OCH3 is 3. The topological polar surface area (TPSA) is 152 Å². The van der Waals surface area contributed by atoms with Gasteiger partial charge in [0.25, 0.3) is 0 Å². The van der Waals surface area contributed by atoms with Gasteiger partial charge in [-0.2, -0.15) is 9.97 Å². The molecule has 1 amide bonds. The number of nitrogens with zero attached hydrogens (tertiary/aromatic N) is 4. The van der Waals surface area contributed by atoms with Crippen LogP contribution in [0.25, 0.3) is 22.8 Å². The van der Waals surface area contributed by atoms with Crippen LogP contribution >= 0.6 is 0 Å². The fourth-order valence-electron chi connectivity index (χ4n) is 4.66. The van der Waals surface area contributed by atoms with Crippen molar-refractivity contribution in [3.8, 4) is 40.0 Å². The van der Waals surface area contributed by atoms with Crippen LogP contribution in [-0.2, 0) is 16.0 Å². The van der Waals surface area contributed by atoms with Crippen LogP contribution in [0.1, 0.15) is 41.7 Å². The number of carbonyl (C=O) groups excluding carboxylic acids is 2. The van der Waals surface area contributed by atoms with Crippen LogP contribution in [0.4, 0.5) is 5.69 Å². The lowest BCUT2D eigenvalue weighted by atomic mass is 9.96. The quantitative estimate of drug-likeness (QED) is 0.173. The minimum absolute atomic E-state index is 0.0156. The molecule has 0 fully saturated rings. The molecule has 0 saturated heterocycles. The van der Waals surface area contributed by atoms with E-state index >= 15 is 0 Å². The van der Waals surface area contributed by atoms with Crippen molar-refractivity contribution < 1.29 is 32.8 Å². The highest BCUT2D eigenvalue weighted by atomic mass is 16.5. The van der Waals surface area contributed by atoms with Crippen molar-refractivity contribution in [2.45, 2.75) is 39.0 Å². The molecule has 0 spiro atoms. The Morgan fingerprint density at radius 3 is 1.87 bits per heavy atom. The Hall–Kier alpha value is -5.52. The first-order valence-electron chi connectivity index (χ1n) is 14.2. The van der Waals surface area contributed by atoms with Gasteiger partial charge < -0.3 is 28.6 Å². The molecule has 2 heterocycles. The first-order valence-corrected chi connectivity index (χ1v) is 14.2. The standard InChI is InChI=1S/C33H33N5O7/c1-19-6-10-21(11-7-19)31-35-29(44-37-31)18-24(33-36-32(38-45-33)22-12-8-20(2)9-13-22)25(39)14-15-28(40)34-23-16-26(41-3)30(43-5)27(17-23)42-4/h6-13,16-17,24H,14-15,18H2,1-5H3,(H,34,40). The number of ketones is 1. The Morgan fingerprint density at radius 1 is 0.756 bits per heavy atom. The summed E-state index contributed by atoms with van der Waals surface area (Å²) < 4.78 is 27.1. The fraction of sp³-hybridized carbons (Fsp3) is 0.273. The maximum atomic E-state index is 13.6. The number of aromatic nitrogens is 4. The molecule has 2 aromatic heterocycles. The van der Waals surface area contributed by atoms with Gasteiger partial charge in [-0.3, -0.25) is 9.59 Å². The number of ether oxygens (including phenoxy) is 3. The van der Waals surface area contributed by atoms with Crippen molar-refractivity contribution in [3.63, 3.8) is 0 Å². The van der Waals surface area contributed by atoms with Crippen LogP contribution in [-0.4, -0.2) is 53.3 Å². The monoisotopic (exact) mass is 611 g/mol. The predicted molar refractivity (Wildman–Crippen MR) is 164 cm³/mol. The summed E-state index contributed by atoms with van der Waals surface area (Å²) in [6.07, 6.45) is -0.201. The minimum atomic E-state index is -0.919. The summed E-state index contributed by atoms with van der Waals surface area (Å²) in [5, 5.41) is 11.0. The molecule has 0 aliphatic heterocycles. The number of anilines is 1. The molecule has 45 heavy (non-hydrogen) atoms. The summed E-state index contributed by atoms with van der Waals surface area (Å²) in [7, 11) is 4.46. The zero-order valence-corrected chi connectivity index (χ0v) is 25.6. The summed E-state index contributed by atoms with van der Waals surface area (Å²) in [5.74, 6) is 0.606. The lowest BCUT2D eigenvalue weighted by Gasteiger charge is -2.15. The zero-order chi connectivity index (χ0) is 31.9. The highest BCUT2D eigenvalue weighted by Crippen LogP contribution is 2.40. The molecule has 5 rings (SSSR count). The number of rotatable bonds is 13. The molecule has 5 aromatic rings. The highest BCUT2D eigenvalue weighted by Gasteiger charge is 2.30. The lowest BCUT2D eigenvalue weighted by molar-refractivity contribution is -0.124. The second-order valence-corrected chi connectivity index (χ2v) is 10.4. The molecule has 0 radical (unpaired) electrons. The Balaban J connectivity index is 1.34. The fourth-order valence-corrected chi connectivity index (χ4v) is 4.66. The number of nitrogens with one attached hydrogen (secondary N) is 1. The first kappa shape index (κ1) is 30.9. The third-order valence-corrected chi connectivity index (χ3v) is 7.14. The molecule has 0 aliphatic carbocycles. The Kier molecular flexibility index (Phi) is 9.51. The van der Waals surface area contributed by atoms with Crippen molar-refractivity contribution in [3.05, 3.63) is 83.6 Å². The maximum absolute atomic E-state index is 13.6. The van der Waals surface area contributed by atoms with Gasteiger partial charge in [-0.15, -0.1) is 0 Å². The Morgan fingerprint density at radius 2 is 1.31 bits per heavy atom. The number of benzene rings is 3. The van der Waals surface area contributed by atoms with Gasteiger partial charge in [0.1, 0.15) is 11.7 Å². The van der Waals surface area contributed by atoms with Gasteiger partial charge in [-0.25, -0.2) is 0 Å². The van der Waals surface area contributed by atoms with E-state index in [1.165, 1.54) is 21.3 Å². The normalized spacial score (nSPS) is 11.6. The minimum Gasteiger partial charge on any atom is -0.493 e. The maximum Gasteiger partial charge on any atom is 0.238 e. The van der Waals surface area contributed by atoms with Crippen LogP contribution in [0.5, 0.6) is 17.2 Å². The van der Waals surface area contributed by atoms with E-state index in [1.807, 2.05) is 62.4 Å². The summed E-state index contributed by atoms with van der Waals surface area (Å²) in [4.78, 5) is 35.6.